The first kappa shape index (κ1) is 11.5. The van der Waals surface area contributed by atoms with Gasteiger partial charge in [-0.1, -0.05) is 18.2 Å². The molecule has 4 nitrogen and oxygen atoms in total. The fourth-order valence-corrected chi connectivity index (χ4v) is 1.40. The summed E-state index contributed by atoms with van der Waals surface area (Å²) in [5, 5.41) is 0. The van der Waals surface area contributed by atoms with Crippen LogP contribution in [0.25, 0.3) is 0 Å². The van der Waals surface area contributed by atoms with Crippen LogP contribution in [0, 0.1) is 0 Å². The van der Waals surface area contributed by atoms with Crippen molar-refractivity contribution in [2.75, 3.05) is 5.73 Å². The summed E-state index contributed by atoms with van der Waals surface area (Å²) in [6.45, 7) is 3.13. The van der Waals surface area contributed by atoms with Crippen LogP contribution in [0.1, 0.15) is 25.5 Å². The molecule has 0 saturated carbocycles. The smallest absolute Gasteiger partial charge is 0.303 e. The van der Waals surface area contributed by atoms with Crippen LogP contribution in [0.5, 0.6) is 0 Å². The Bertz CT molecular complexity index is 350. The number of carbonyl (C=O) groups excluding carboxylic acids is 1. The first-order valence-corrected chi connectivity index (χ1v) is 4.79. The van der Waals surface area contributed by atoms with Gasteiger partial charge in [0.1, 0.15) is 6.10 Å². The molecule has 0 spiro atoms. The molecule has 4 heteroatoms. The summed E-state index contributed by atoms with van der Waals surface area (Å²) in [4.78, 5) is 10.9. The average Bonchev–Trinajstić information content (AvgIpc) is 2.15. The van der Waals surface area contributed by atoms with Crippen molar-refractivity contribution >= 4 is 11.7 Å². The normalized spacial score (nSPS) is 14.3. The standard InChI is InChI=1S/C11H16N2O2/c1-7(12)11(15-8(2)14)9-5-3-4-6-10(9)13/h3-7,11H,12-13H2,1-2H3. The summed E-state index contributed by atoms with van der Waals surface area (Å²) < 4.78 is 5.13. The molecular weight excluding hydrogens is 192 g/mol. The zero-order valence-electron chi connectivity index (χ0n) is 8.94. The van der Waals surface area contributed by atoms with Crippen molar-refractivity contribution in [2.24, 2.45) is 5.73 Å². The molecule has 82 valence electrons. The maximum Gasteiger partial charge on any atom is 0.303 e. The van der Waals surface area contributed by atoms with E-state index in [1.807, 2.05) is 18.2 Å². The molecule has 0 radical (unpaired) electrons. The lowest BCUT2D eigenvalue weighted by molar-refractivity contribution is -0.147. The molecule has 0 amide bonds. The molecule has 1 rings (SSSR count). The molecule has 4 N–H and O–H groups in total. The number of benzene rings is 1. The van der Waals surface area contributed by atoms with E-state index >= 15 is 0 Å². The van der Waals surface area contributed by atoms with E-state index in [0.29, 0.717) is 5.69 Å². The summed E-state index contributed by atoms with van der Waals surface area (Å²) in [5.41, 5.74) is 12.9. The number of para-hydroxylation sites is 1. The Kier molecular flexibility index (Phi) is 3.68. The van der Waals surface area contributed by atoms with E-state index in [0.717, 1.165) is 5.56 Å². The van der Waals surface area contributed by atoms with Gasteiger partial charge < -0.3 is 16.2 Å². The molecule has 15 heavy (non-hydrogen) atoms. The van der Waals surface area contributed by atoms with E-state index in [-0.39, 0.29) is 12.0 Å². The number of ether oxygens (including phenoxy) is 1. The van der Waals surface area contributed by atoms with E-state index in [1.54, 1.807) is 13.0 Å². The van der Waals surface area contributed by atoms with Crippen molar-refractivity contribution < 1.29 is 9.53 Å². The molecular formula is C11H16N2O2. The Hall–Kier alpha value is -1.55. The molecule has 0 fully saturated rings. The minimum Gasteiger partial charge on any atom is -0.456 e. The highest BCUT2D eigenvalue weighted by atomic mass is 16.5. The van der Waals surface area contributed by atoms with E-state index in [4.69, 9.17) is 16.2 Å². The maximum atomic E-state index is 10.9. The Morgan fingerprint density at radius 3 is 2.47 bits per heavy atom. The van der Waals surface area contributed by atoms with Gasteiger partial charge in [-0.05, 0) is 13.0 Å². The van der Waals surface area contributed by atoms with Crippen LogP contribution in [0.15, 0.2) is 24.3 Å². The Morgan fingerprint density at radius 2 is 2.00 bits per heavy atom. The minimum absolute atomic E-state index is 0.293. The fraction of sp³-hybridized carbons (Fsp3) is 0.364. The average molecular weight is 208 g/mol. The van der Waals surface area contributed by atoms with Gasteiger partial charge in [-0.15, -0.1) is 0 Å². The van der Waals surface area contributed by atoms with Crippen molar-refractivity contribution in [1.82, 2.24) is 0 Å². The maximum absolute atomic E-state index is 10.9. The molecule has 1 aromatic carbocycles. The van der Waals surface area contributed by atoms with Gasteiger partial charge in [-0.2, -0.15) is 0 Å². The zero-order valence-corrected chi connectivity index (χ0v) is 8.94. The van der Waals surface area contributed by atoms with Gasteiger partial charge in [0.25, 0.3) is 0 Å². The number of nitrogens with two attached hydrogens (primary N) is 2. The van der Waals surface area contributed by atoms with Gasteiger partial charge in [0.2, 0.25) is 0 Å². The van der Waals surface area contributed by atoms with E-state index in [1.165, 1.54) is 6.92 Å². The zero-order chi connectivity index (χ0) is 11.4. The summed E-state index contributed by atoms with van der Waals surface area (Å²) in [5.74, 6) is -0.361. The Morgan fingerprint density at radius 1 is 1.40 bits per heavy atom. The molecule has 1 aromatic rings. The second-order valence-electron chi connectivity index (χ2n) is 3.52. The largest absolute Gasteiger partial charge is 0.456 e. The second-order valence-corrected chi connectivity index (χ2v) is 3.52. The number of rotatable bonds is 3. The highest BCUT2D eigenvalue weighted by molar-refractivity contribution is 5.67. The molecule has 0 aromatic heterocycles. The van der Waals surface area contributed by atoms with Gasteiger partial charge >= 0.3 is 5.97 Å². The first-order valence-electron chi connectivity index (χ1n) is 4.79. The molecule has 0 aliphatic carbocycles. The van der Waals surface area contributed by atoms with Crippen molar-refractivity contribution in [1.29, 1.82) is 0 Å². The highest BCUT2D eigenvalue weighted by Crippen LogP contribution is 2.25. The van der Waals surface area contributed by atoms with E-state index in [2.05, 4.69) is 0 Å². The number of nitrogen functional groups attached to an aromatic ring is 1. The number of hydrogen-bond donors (Lipinski definition) is 2. The third kappa shape index (κ3) is 2.95. The summed E-state index contributed by atoms with van der Waals surface area (Å²) in [7, 11) is 0. The number of carbonyl (C=O) groups is 1. The van der Waals surface area contributed by atoms with Gasteiger partial charge in [-0.25, -0.2) is 0 Å². The summed E-state index contributed by atoms with van der Waals surface area (Å²) in [6.07, 6.45) is -0.483. The predicted molar refractivity (Wildman–Crippen MR) is 59.0 cm³/mol. The fourth-order valence-electron chi connectivity index (χ4n) is 1.40. The monoisotopic (exact) mass is 208 g/mol. The van der Waals surface area contributed by atoms with Crippen molar-refractivity contribution in [2.45, 2.75) is 26.0 Å². The number of esters is 1. The molecule has 0 heterocycles. The van der Waals surface area contributed by atoms with Crippen LogP contribution in [-0.2, 0) is 9.53 Å². The van der Waals surface area contributed by atoms with E-state index < -0.39 is 6.10 Å². The van der Waals surface area contributed by atoms with Crippen LogP contribution >= 0.6 is 0 Å². The van der Waals surface area contributed by atoms with E-state index in [9.17, 15) is 4.79 Å². The van der Waals surface area contributed by atoms with Crippen LogP contribution in [-0.4, -0.2) is 12.0 Å². The van der Waals surface area contributed by atoms with Crippen LogP contribution in [0.4, 0.5) is 5.69 Å². The summed E-state index contributed by atoms with van der Waals surface area (Å²) in [6, 6.07) is 6.94. The Labute approximate surface area is 89.2 Å². The van der Waals surface area contributed by atoms with Crippen LogP contribution < -0.4 is 11.5 Å². The van der Waals surface area contributed by atoms with Crippen LogP contribution in [0.2, 0.25) is 0 Å². The second kappa shape index (κ2) is 4.79. The first-order chi connectivity index (χ1) is 7.02. The summed E-state index contributed by atoms with van der Waals surface area (Å²) >= 11 is 0. The number of hydrogen-bond acceptors (Lipinski definition) is 4. The third-order valence-corrected chi connectivity index (χ3v) is 2.07. The number of anilines is 1. The molecule has 0 bridgehead atoms. The van der Waals surface area contributed by atoms with Crippen molar-refractivity contribution in [3.63, 3.8) is 0 Å². The van der Waals surface area contributed by atoms with Gasteiger partial charge in [-0.3, -0.25) is 4.79 Å². The Balaban J connectivity index is 2.99. The van der Waals surface area contributed by atoms with Crippen LogP contribution in [0.3, 0.4) is 0 Å². The molecule has 0 saturated heterocycles. The highest BCUT2D eigenvalue weighted by Gasteiger charge is 2.21. The quantitative estimate of drug-likeness (QED) is 0.578. The van der Waals surface area contributed by atoms with Gasteiger partial charge in [0, 0.05) is 24.2 Å². The van der Waals surface area contributed by atoms with Gasteiger partial charge in [0.05, 0.1) is 0 Å². The molecule has 2 atom stereocenters. The predicted octanol–water partition coefficient (Wildman–Crippen LogP) is 1.22. The minimum atomic E-state index is -0.483. The lowest BCUT2D eigenvalue weighted by Crippen LogP contribution is -2.28. The van der Waals surface area contributed by atoms with Crippen molar-refractivity contribution in [3.8, 4) is 0 Å². The topological polar surface area (TPSA) is 78.3 Å². The lowest BCUT2D eigenvalue weighted by atomic mass is 10.0. The third-order valence-electron chi connectivity index (χ3n) is 2.07. The van der Waals surface area contributed by atoms with Gasteiger partial charge in [0.15, 0.2) is 0 Å². The molecule has 2 unspecified atom stereocenters. The molecule has 0 aliphatic rings. The van der Waals surface area contributed by atoms with Crippen molar-refractivity contribution in [3.05, 3.63) is 29.8 Å². The SMILES string of the molecule is CC(=O)OC(c1ccccc1N)C(C)N. The molecule has 0 aliphatic heterocycles. The lowest BCUT2D eigenvalue weighted by Gasteiger charge is -2.22.